The van der Waals surface area contributed by atoms with E-state index in [0.717, 1.165) is 34.2 Å². The maximum absolute atomic E-state index is 6.03. The molecule has 516 valence electrons. The Kier molecular flexibility index (Phi) is 20.9. The fraction of sp³-hybridized carbons (Fsp3) is 0.276. The Hall–Kier alpha value is -8.53. The highest BCUT2D eigenvalue weighted by Crippen LogP contribution is 2.56. The fourth-order valence-electron chi connectivity index (χ4n) is 17.5. The molecule has 9 aromatic carbocycles. The van der Waals surface area contributed by atoms with Crippen LogP contribution in [0.4, 0.5) is 39.8 Å². The number of benzene rings is 9. The summed E-state index contributed by atoms with van der Waals surface area (Å²) in [6.07, 6.45) is 24.8. The van der Waals surface area contributed by atoms with Crippen molar-refractivity contribution in [2.45, 2.75) is 113 Å². The number of methoxy groups -OCH3 is 3. The Labute approximate surface area is 630 Å². The van der Waals surface area contributed by atoms with Crippen molar-refractivity contribution >= 4 is 109 Å². The molecule has 6 unspecified atom stereocenters. The second kappa shape index (κ2) is 29.8. The van der Waals surface area contributed by atoms with Gasteiger partial charge in [-0.15, -0.1) is 0 Å². The Balaban J connectivity index is 0.000000134. The van der Waals surface area contributed by atoms with E-state index in [9.17, 15) is 0 Å². The Morgan fingerprint density at radius 2 is 0.911 bits per heavy atom. The lowest BCUT2D eigenvalue weighted by molar-refractivity contribution is -0.651. The van der Waals surface area contributed by atoms with Gasteiger partial charge in [0.15, 0.2) is 5.71 Å². The van der Waals surface area contributed by atoms with Crippen LogP contribution in [0.2, 0.25) is 0 Å². The van der Waals surface area contributed by atoms with Crippen molar-refractivity contribution in [3.05, 3.63) is 256 Å². The highest BCUT2D eigenvalue weighted by molar-refractivity contribution is 7.18. The van der Waals surface area contributed by atoms with Crippen LogP contribution in [-0.4, -0.2) is 56.8 Å². The van der Waals surface area contributed by atoms with E-state index in [-0.39, 0.29) is 56.4 Å². The summed E-state index contributed by atoms with van der Waals surface area (Å²) in [7, 11) is 11.6. The van der Waals surface area contributed by atoms with E-state index in [1.165, 1.54) is 157 Å². The van der Waals surface area contributed by atoms with Gasteiger partial charge in [-0.05, 0) is 213 Å². The number of halogens is 3. The zero-order valence-electron chi connectivity index (χ0n) is 58.7. The minimum Gasteiger partial charge on any atom is -1.00 e. The maximum atomic E-state index is 6.03. The first-order valence-corrected chi connectivity index (χ1v) is 36.0. The Morgan fingerprint density at radius 3 is 1.43 bits per heavy atom. The number of hydrogen-bond donors (Lipinski definition) is 0. The van der Waals surface area contributed by atoms with Gasteiger partial charge in [0.25, 0.3) is 10.5 Å². The summed E-state index contributed by atoms with van der Waals surface area (Å²) in [5, 5.41) is 1.27. The van der Waals surface area contributed by atoms with E-state index < -0.39 is 0 Å². The summed E-state index contributed by atoms with van der Waals surface area (Å²) < 4.78 is 30.3. The van der Waals surface area contributed by atoms with Crippen LogP contribution in [0.25, 0.3) is 51.7 Å². The largest absolute Gasteiger partial charge is 1.00 e. The van der Waals surface area contributed by atoms with Crippen LogP contribution in [0.15, 0.2) is 211 Å². The normalized spacial score (nSPS) is 19.9. The second-order valence-electron chi connectivity index (χ2n) is 28.0. The summed E-state index contributed by atoms with van der Waals surface area (Å²) in [4.78, 5) is 7.66. The molecule has 0 spiro atoms. The number of anilines is 6. The number of oxazole rings is 1. The van der Waals surface area contributed by atoms with Crippen molar-refractivity contribution in [1.29, 1.82) is 0 Å². The Bertz CT molecular complexity index is 4980. The van der Waals surface area contributed by atoms with E-state index in [4.69, 9.17) is 18.6 Å². The van der Waals surface area contributed by atoms with Crippen LogP contribution in [0.3, 0.4) is 0 Å². The minimum absolute atomic E-state index is 0. The predicted octanol–water partition coefficient (Wildman–Crippen LogP) is 11.1. The number of nitrogens with zero attached hydrogens (tertiary/aromatic N) is 6. The van der Waals surface area contributed by atoms with Gasteiger partial charge in [-0.1, -0.05) is 97.3 Å². The summed E-state index contributed by atoms with van der Waals surface area (Å²) in [6, 6.07) is 73.6. The smallest absolute Gasteiger partial charge is 0.373 e. The summed E-state index contributed by atoms with van der Waals surface area (Å²) in [5.74, 6) is 5.41. The number of para-hydroxylation sites is 4. The molecule has 0 N–H and O–H groups in total. The molecular formula is C87H87Br3N6O4S. The van der Waals surface area contributed by atoms with E-state index in [2.05, 4.69) is 269 Å². The van der Waals surface area contributed by atoms with Gasteiger partial charge in [-0.3, -0.25) is 0 Å². The average molecular weight is 1550 g/mol. The summed E-state index contributed by atoms with van der Waals surface area (Å²) in [5.41, 5.74) is 23.4. The van der Waals surface area contributed by atoms with Crippen LogP contribution in [0, 0.1) is 0 Å². The highest BCUT2D eigenvalue weighted by atomic mass is 79.9. The number of ether oxygens (including phenoxy) is 3. The monoisotopic (exact) mass is 1550 g/mol. The lowest BCUT2D eigenvalue weighted by atomic mass is 9.81. The van der Waals surface area contributed by atoms with Crippen molar-refractivity contribution < 1.29 is 83.3 Å². The molecule has 11 aromatic rings. The molecule has 2 aromatic heterocycles. The van der Waals surface area contributed by atoms with Crippen LogP contribution in [0.5, 0.6) is 17.2 Å². The van der Waals surface area contributed by atoms with Crippen LogP contribution in [0.1, 0.15) is 139 Å². The maximum Gasteiger partial charge on any atom is 0.373 e. The highest BCUT2D eigenvalue weighted by Gasteiger charge is 2.46. The molecule has 10 nitrogen and oxygen atoms in total. The average Bonchev–Trinajstić information content (AvgIpc) is 1.61. The van der Waals surface area contributed by atoms with E-state index >= 15 is 0 Å². The third kappa shape index (κ3) is 13.1. The van der Waals surface area contributed by atoms with Gasteiger partial charge in [0.1, 0.15) is 43.1 Å². The van der Waals surface area contributed by atoms with Crippen LogP contribution >= 0.6 is 11.3 Å². The summed E-state index contributed by atoms with van der Waals surface area (Å²) >= 11 is 1.84. The van der Waals surface area contributed by atoms with E-state index in [1.807, 2.05) is 42.6 Å². The van der Waals surface area contributed by atoms with Crippen LogP contribution < -0.4 is 89.0 Å². The van der Waals surface area contributed by atoms with Gasteiger partial charge in [0.05, 0.1) is 32.8 Å². The third-order valence-electron chi connectivity index (χ3n) is 22.4. The third-order valence-corrected chi connectivity index (χ3v) is 23.5. The quantitative estimate of drug-likeness (QED) is 0.113. The van der Waals surface area contributed by atoms with Gasteiger partial charge >= 0.3 is 5.89 Å². The molecule has 0 amide bonds. The number of aryl methyl sites for hydroxylation is 2. The summed E-state index contributed by atoms with van der Waals surface area (Å²) in [6.45, 7) is 4.65. The molecule has 0 bridgehead atoms. The van der Waals surface area contributed by atoms with Crippen molar-refractivity contribution in [3.63, 3.8) is 0 Å². The number of rotatable bonds is 12. The molecule has 101 heavy (non-hydrogen) atoms. The van der Waals surface area contributed by atoms with Crippen molar-refractivity contribution in [2.24, 2.45) is 14.1 Å². The standard InChI is InChI=1S/C31H33N2O.C28H27N2O2.C28H27N2OS.3BrH/c1-31(2)26-9-5-6-10-29(26)32(3)30(31)19-13-21-12-18-28-25(20-21)24-8-7-11-27(24)33(28)22-14-16-23(34-4)17-15-22;1-29-26-7-3-4-9-27(26)32-28(29)17-11-19-10-16-25-23(18-19)22-6-5-8-24(22)30(25)20-12-14-21(31-2)15-13-20;1-29-26-10-3-4-12-27(26)32-28(29)16-14-19-13-15-25-23(17-19)22-9-6-11-24(22)30(25)20-7-5-8-21(18-20)31-2;;;/h5-6,9-10,12-20,24,27H,7-8,11H2,1-4H3;3-4,7,9-18,22,24H,5-6,8H2,1-2H3;3-5,7-8,10,12-18,22,24H,6,9,11H2,1-2H3;3*1H/q3*+1;;;/p-3. The van der Waals surface area contributed by atoms with Crippen molar-refractivity contribution in [3.8, 4) is 17.2 Å². The molecule has 0 radical (unpaired) electrons. The van der Waals surface area contributed by atoms with Gasteiger partial charge in [-0.25, -0.2) is 0 Å². The van der Waals surface area contributed by atoms with E-state index in [0.29, 0.717) is 35.9 Å². The van der Waals surface area contributed by atoms with Gasteiger partial charge in [-0.2, -0.15) is 13.7 Å². The number of thiazole rings is 1. The topological polar surface area (TPSA) is 61.3 Å². The molecule has 3 saturated carbocycles. The van der Waals surface area contributed by atoms with E-state index in [1.54, 1.807) is 21.3 Å². The first-order valence-electron chi connectivity index (χ1n) is 35.2. The van der Waals surface area contributed by atoms with Crippen molar-refractivity contribution in [2.75, 3.05) is 43.1 Å². The molecule has 6 atom stereocenters. The first kappa shape index (κ1) is 70.9. The minimum atomic E-state index is 0. The molecule has 4 aliphatic heterocycles. The molecule has 14 heteroatoms. The first-order chi connectivity index (χ1) is 47.9. The molecule has 7 aliphatic rings. The molecule has 3 aliphatic carbocycles. The van der Waals surface area contributed by atoms with Gasteiger partial charge in [0, 0.05) is 112 Å². The number of hydrogen-bond acceptors (Lipinski definition) is 8. The molecule has 3 fully saturated rings. The predicted molar refractivity (Wildman–Crippen MR) is 403 cm³/mol. The SMILES string of the molecule is COc1ccc(N2c3ccc(/C=C/C4=[N+](C)c5ccccc5C4(C)C)cc3C3CCCC32)cc1.COc1ccc(N2c3ccc(/C=C/c4oc5ccccc5[n+]4C)cc3C3CCCC32)cc1.COc1cccc(N2c3ccc(/C=C/c4sc5ccccc5[n+]4C)cc3C3CCCC32)c1.[Br-].[Br-].[Br-]. The fourth-order valence-corrected chi connectivity index (χ4v) is 18.6. The Morgan fingerprint density at radius 1 is 0.436 bits per heavy atom. The number of aromatic nitrogens is 2. The molecule has 6 heterocycles. The lowest BCUT2D eigenvalue weighted by Crippen LogP contribution is -3.00. The molecule has 18 rings (SSSR count). The van der Waals surface area contributed by atoms with Crippen LogP contribution in [-0.2, 0) is 19.5 Å². The molecular weight excluding hydrogens is 1460 g/mol. The second-order valence-corrected chi connectivity index (χ2v) is 29.1. The lowest BCUT2D eigenvalue weighted by Gasteiger charge is -2.27. The number of fused-ring (bicyclic) bond motifs is 12. The van der Waals surface area contributed by atoms with Crippen molar-refractivity contribution in [1.82, 2.24) is 0 Å². The van der Waals surface area contributed by atoms with Gasteiger partial charge in [0.2, 0.25) is 16.8 Å². The molecule has 0 saturated heterocycles. The van der Waals surface area contributed by atoms with Gasteiger partial charge < -0.3 is 84.3 Å². The zero-order chi connectivity index (χ0) is 66.8. The number of allylic oxidation sites excluding steroid dienone is 1. The zero-order valence-corrected chi connectivity index (χ0v) is 64.3.